The first kappa shape index (κ1) is 13.9. The average molecular weight is 283 g/mol. The van der Waals surface area contributed by atoms with Crippen molar-refractivity contribution in [2.24, 2.45) is 5.92 Å². The molecule has 1 aromatic rings. The lowest BCUT2D eigenvalue weighted by molar-refractivity contribution is -0.119. The number of phenolic OH excluding ortho intramolecular Hbond substituents is 1. The van der Waals surface area contributed by atoms with Gasteiger partial charge in [-0.05, 0) is 43.5 Å². The molecule has 0 bridgehead atoms. The van der Waals surface area contributed by atoms with Crippen LogP contribution in [0.4, 0.5) is 5.69 Å². The van der Waals surface area contributed by atoms with Crippen LogP contribution in [0.1, 0.15) is 17.5 Å². The Balaban J connectivity index is 2.14. The number of anilines is 1. The molecule has 1 amide bonds. The zero-order chi connectivity index (χ0) is 14.2. The van der Waals surface area contributed by atoms with Gasteiger partial charge in [0.15, 0.2) is 9.84 Å². The van der Waals surface area contributed by atoms with Gasteiger partial charge in [0, 0.05) is 5.69 Å². The molecule has 0 saturated carbocycles. The van der Waals surface area contributed by atoms with E-state index in [0.29, 0.717) is 17.7 Å². The molecule has 5 nitrogen and oxygen atoms in total. The van der Waals surface area contributed by atoms with Crippen LogP contribution in [-0.2, 0) is 14.6 Å². The third-order valence-electron chi connectivity index (χ3n) is 3.40. The molecule has 0 aliphatic carbocycles. The summed E-state index contributed by atoms with van der Waals surface area (Å²) in [6.45, 7) is 3.52. The zero-order valence-corrected chi connectivity index (χ0v) is 11.8. The summed E-state index contributed by atoms with van der Waals surface area (Å²) in [4.78, 5) is 12.0. The second-order valence-corrected chi connectivity index (χ2v) is 7.27. The van der Waals surface area contributed by atoms with Crippen LogP contribution in [0.15, 0.2) is 12.1 Å². The molecular formula is C13H17NO4S. The number of nitrogens with one attached hydrogen (secondary N) is 1. The zero-order valence-electron chi connectivity index (χ0n) is 10.9. The van der Waals surface area contributed by atoms with Crippen molar-refractivity contribution in [2.75, 3.05) is 16.8 Å². The molecule has 1 saturated heterocycles. The van der Waals surface area contributed by atoms with E-state index < -0.39 is 15.8 Å². The van der Waals surface area contributed by atoms with Crippen LogP contribution in [0.2, 0.25) is 0 Å². The van der Waals surface area contributed by atoms with Crippen LogP contribution in [0, 0.1) is 19.8 Å². The highest BCUT2D eigenvalue weighted by Gasteiger charge is 2.33. The predicted octanol–water partition coefficient (Wildman–Crippen LogP) is 1.38. The molecule has 1 fully saturated rings. The summed E-state index contributed by atoms with van der Waals surface area (Å²) in [7, 11) is -3.06. The maximum atomic E-state index is 12.0. The van der Waals surface area contributed by atoms with Crippen LogP contribution in [0.25, 0.3) is 0 Å². The van der Waals surface area contributed by atoms with Crippen molar-refractivity contribution in [3.8, 4) is 5.75 Å². The van der Waals surface area contributed by atoms with Gasteiger partial charge in [-0.15, -0.1) is 0 Å². The second kappa shape index (κ2) is 4.85. The summed E-state index contributed by atoms with van der Waals surface area (Å²) >= 11 is 0. The summed E-state index contributed by atoms with van der Waals surface area (Å²) in [5.41, 5.74) is 2.03. The molecule has 2 N–H and O–H groups in total. The number of hydrogen-bond acceptors (Lipinski definition) is 4. The van der Waals surface area contributed by atoms with Gasteiger partial charge in [0.1, 0.15) is 5.75 Å². The standard InChI is InChI=1S/C13H17NO4S/c1-8-6-12(15)9(2)5-11(8)14-13(16)10-3-4-19(17,18)7-10/h5-6,10,15H,3-4,7H2,1-2H3,(H,14,16). The number of aryl methyl sites for hydroxylation is 2. The molecule has 19 heavy (non-hydrogen) atoms. The van der Waals surface area contributed by atoms with E-state index in [1.807, 2.05) is 0 Å². The Bertz CT molecular complexity index is 622. The Hall–Kier alpha value is -1.56. The lowest BCUT2D eigenvalue weighted by Crippen LogP contribution is -2.24. The Morgan fingerprint density at radius 2 is 2.00 bits per heavy atom. The number of carbonyl (C=O) groups excluding carboxylic acids is 1. The Labute approximate surface area is 112 Å². The first-order valence-electron chi connectivity index (χ1n) is 6.10. The molecule has 1 unspecified atom stereocenters. The summed E-state index contributed by atoms with van der Waals surface area (Å²) in [5.74, 6) is -0.556. The smallest absolute Gasteiger partial charge is 0.228 e. The SMILES string of the molecule is Cc1cc(NC(=O)C2CCS(=O)(=O)C2)c(C)cc1O. The van der Waals surface area contributed by atoms with Crippen LogP contribution in [-0.4, -0.2) is 30.9 Å². The molecule has 1 atom stereocenters. The van der Waals surface area contributed by atoms with E-state index in [-0.39, 0.29) is 23.2 Å². The molecule has 104 valence electrons. The van der Waals surface area contributed by atoms with Crippen molar-refractivity contribution in [3.05, 3.63) is 23.3 Å². The lowest BCUT2D eigenvalue weighted by atomic mass is 10.1. The fraction of sp³-hybridized carbons (Fsp3) is 0.462. The number of sulfone groups is 1. The number of phenols is 1. The van der Waals surface area contributed by atoms with Crippen LogP contribution in [0.3, 0.4) is 0 Å². The number of amides is 1. The van der Waals surface area contributed by atoms with Crippen molar-refractivity contribution in [1.82, 2.24) is 0 Å². The maximum Gasteiger partial charge on any atom is 0.228 e. The minimum atomic E-state index is -3.06. The van der Waals surface area contributed by atoms with Gasteiger partial charge in [-0.1, -0.05) is 0 Å². The topological polar surface area (TPSA) is 83.5 Å². The third kappa shape index (κ3) is 3.07. The van der Waals surface area contributed by atoms with Gasteiger partial charge < -0.3 is 10.4 Å². The highest BCUT2D eigenvalue weighted by Crippen LogP contribution is 2.26. The van der Waals surface area contributed by atoms with Crippen LogP contribution < -0.4 is 5.32 Å². The largest absolute Gasteiger partial charge is 0.508 e. The Kier molecular flexibility index (Phi) is 3.54. The fourth-order valence-electron chi connectivity index (χ4n) is 2.17. The third-order valence-corrected chi connectivity index (χ3v) is 5.17. The van der Waals surface area contributed by atoms with E-state index in [0.717, 1.165) is 5.56 Å². The highest BCUT2D eigenvalue weighted by atomic mass is 32.2. The van der Waals surface area contributed by atoms with Crippen LogP contribution in [0.5, 0.6) is 5.75 Å². The highest BCUT2D eigenvalue weighted by molar-refractivity contribution is 7.91. The summed E-state index contributed by atoms with van der Waals surface area (Å²) in [5, 5.41) is 12.3. The van der Waals surface area contributed by atoms with E-state index >= 15 is 0 Å². The quantitative estimate of drug-likeness (QED) is 0.803. The summed E-state index contributed by atoms with van der Waals surface area (Å²) < 4.78 is 22.7. The first-order chi connectivity index (χ1) is 8.78. The number of hydrogen-bond donors (Lipinski definition) is 2. The monoisotopic (exact) mass is 283 g/mol. The van der Waals surface area contributed by atoms with Gasteiger partial charge in [0.2, 0.25) is 5.91 Å². The molecule has 1 aliphatic rings. The van der Waals surface area contributed by atoms with Gasteiger partial charge in [0.25, 0.3) is 0 Å². The minimum Gasteiger partial charge on any atom is -0.508 e. The van der Waals surface area contributed by atoms with Crippen molar-refractivity contribution < 1.29 is 18.3 Å². The summed E-state index contributed by atoms with van der Waals surface area (Å²) in [6.07, 6.45) is 0.379. The molecule has 0 aromatic heterocycles. The first-order valence-corrected chi connectivity index (χ1v) is 7.92. The average Bonchev–Trinajstić information content (AvgIpc) is 2.66. The second-order valence-electron chi connectivity index (χ2n) is 5.04. The number of rotatable bonds is 2. The van der Waals surface area contributed by atoms with Gasteiger partial charge in [-0.3, -0.25) is 4.79 Å². The lowest BCUT2D eigenvalue weighted by Gasteiger charge is -2.13. The Morgan fingerprint density at radius 1 is 1.32 bits per heavy atom. The number of benzene rings is 1. The minimum absolute atomic E-state index is 0.0745. The molecule has 1 heterocycles. The van der Waals surface area contributed by atoms with Crippen molar-refractivity contribution in [3.63, 3.8) is 0 Å². The van der Waals surface area contributed by atoms with Gasteiger partial charge >= 0.3 is 0 Å². The van der Waals surface area contributed by atoms with Gasteiger partial charge in [-0.25, -0.2) is 8.42 Å². The van der Waals surface area contributed by atoms with Crippen LogP contribution >= 0.6 is 0 Å². The van der Waals surface area contributed by atoms with Crippen molar-refractivity contribution >= 4 is 21.4 Å². The Morgan fingerprint density at radius 3 is 2.58 bits per heavy atom. The maximum absolute atomic E-state index is 12.0. The van der Waals surface area contributed by atoms with Gasteiger partial charge in [0.05, 0.1) is 17.4 Å². The molecular weight excluding hydrogens is 266 g/mol. The molecule has 0 radical (unpaired) electrons. The van der Waals surface area contributed by atoms with E-state index in [9.17, 15) is 18.3 Å². The molecule has 1 aliphatic heterocycles. The molecule has 1 aromatic carbocycles. The fourth-order valence-corrected chi connectivity index (χ4v) is 3.91. The normalized spacial score (nSPS) is 21.3. The number of aromatic hydroxyl groups is 1. The molecule has 2 rings (SSSR count). The molecule has 0 spiro atoms. The predicted molar refractivity (Wildman–Crippen MR) is 73.0 cm³/mol. The summed E-state index contributed by atoms with van der Waals surface area (Å²) in [6, 6.07) is 3.27. The van der Waals surface area contributed by atoms with Crippen molar-refractivity contribution in [1.29, 1.82) is 0 Å². The van der Waals surface area contributed by atoms with E-state index in [1.165, 1.54) is 0 Å². The van der Waals surface area contributed by atoms with Gasteiger partial charge in [-0.2, -0.15) is 0 Å². The van der Waals surface area contributed by atoms with Crippen molar-refractivity contribution in [2.45, 2.75) is 20.3 Å². The van der Waals surface area contributed by atoms with E-state index in [1.54, 1.807) is 26.0 Å². The van der Waals surface area contributed by atoms with E-state index in [2.05, 4.69) is 5.32 Å². The molecule has 6 heteroatoms. The number of carbonyl (C=O) groups is 1. The van der Waals surface area contributed by atoms with E-state index in [4.69, 9.17) is 0 Å².